The molecule has 4 rings (SSSR count). The van der Waals surface area contributed by atoms with E-state index in [0.717, 1.165) is 22.5 Å². The second-order valence-corrected chi connectivity index (χ2v) is 9.47. The summed E-state index contributed by atoms with van der Waals surface area (Å²) in [7, 11) is -0.422. The summed E-state index contributed by atoms with van der Waals surface area (Å²) in [6.45, 7) is 3.81. The molecular formula is C20H22N6O2S. The Kier molecular flexibility index (Phi) is 5.11. The fraction of sp³-hybridized carbons (Fsp3) is 0.350. The summed E-state index contributed by atoms with van der Waals surface area (Å²) in [6, 6.07) is 8.05. The third-order valence-electron chi connectivity index (χ3n) is 5.09. The first-order valence-corrected chi connectivity index (χ1v) is 11.3. The summed E-state index contributed by atoms with van der Waals surface area (Å²) in [5, 5.41) is 13.7. The molecule has 3 aromatic heterocycles. The maximum Gasteiger partial charge on any atom is 0.138 e. The van der Waals surface area contributed by atoms with Crippen LogP contribution in [0.5, 0.6) is 5.75 Å². The predicted molar refractivity (Wildman–Crippen MR) is 113 cm³/mol. The van der Waals surface area contributed by atoms with Crippen molar-refractivity contribution in [1.29, 1.82) is 5.26 Å². The molecule has 3 aromatic rings. The summed E-state index contributed by atoms with van der Waals surface area (Å²) in [5.41, 5.74) is 2.95. The van der Waals surface area contributed by atoms with Crippen molar-refractivity contribution in [3.8, 4) is 22.9 Å². The number of nitrogens with zero attached hydrogens (tertiary/aromatic N) is 6. The van der Waals surface area contributed by atoms with Gasteiger partial charge in [-0.1, -0.05) is 0 Å². The molecule has 0 amide bonds. The zero-order valence-electron chi connectivity index (χ0n) is 16.4. The van der Waals surface area contributed by atoms with Crippen molar-refractivity contribution in [3.05, 3.63) is 42.4 Å². The van der Waals surface area contributed by atoms with Crippen molar-refractivity contribution in [2.24, 2.45) is 4.36 Å². The lowest BCUT2D eigenvalue weighted by molar-refractivity contribution is 0.338. The topological polar surface area (TPSA) is 95.9 Å². The van der Waals surface area contributed by atoms with Gasteiger partial charge in [-0.2, -0.15) is 10.4 Å². The predicted octanol–water partition coefficient (Wildman–Crippen LogP) is 2.58. The molecule has 0 aromatic carbocycles. The van der Waals surface area contributed by atoms with Crippen molar-refractivity contribution >= 4 is 21.1 Å². The molecule has 1 aliphatic heterocycles. The number of hydrogen-bond acceptors (Lipinski definition) is 7. The van der Waals surface area contributed by atoms with E-state index >= 15 is 0 Å². The van der Waals surface area contributed by atoms with Crippen LogP contribution in [0.2, 0.25) is 0 Å². The molecule has 4 heterocycles. The van der Waals surface area contributed by atoms with Crippen molar-refractivity contribution < 1.29 is 8.95 Å². The number of pyridine rings is 2. The van der Waals surface area contributed by atoms with Gasteiger partial charge in [0.05, 0.1) is 30.1 Å². The monoisotopic (exact) mass is 410 g/mol. The molecular weight excluding hydrogens is 388 g/mol. The van der Waals surface area contributed by atoms with Crippen LogP contribution in [0.3, 0.4) is 0 Å². The third kappa shape index (κ3) is 3.63. The number of aromatic nitrogens is 3. The zero-order chi connectivity index (χ0) is 20.4. The first-order valence-electron chi connectivity index (χ1n) is 9.43. The lowest BCUT2D eigenvalue weighted by Crippen LogP contribution is -2.40. The molecule has 0 radical (unpaired) electrons. The maximum atomic E-state index is 12.4. The highest BCUT2D eigenvalue weighted by atomic mass is 32.2. The number of nitriles is 1. The molecule has 9 heteroatoms. The zero-order valence-corrected chi connectivity index (χ0v) is 17.2. The van der Waals surface area contributed by atoms with Crippen LogP contribution in [0.4, 0.5) is 5.82 Å². The van der Waals surface area contributed by atoms with Gasteiger partial charge in [0.25, 0.3) is 0 Å². The number of rotatable bonds is 4. The van der Waals surface area contributed by atoms with Gasteiger partial charge in [-0.15, -0.1) is 0 Å². The van der Waals surface area contributed by atoms with Crippen LogP contribution in [0, 0.1) is 11.3 Å². The first-order chi connectivity index (χ1) is 14.1. The number of ether oxygens (including phenoxy) is 1. The molecule has 0 aliphatic carbocycles. The molecule has 1 aliphatic rings. The maximum absolute atomic E-state index is 12.4. The minimum atomic E-state index is -2.05. The smallest absolute Gasteiger partial charge is 0.138 e. The van der Waals surface area contributed by atoms with Gasteiger partial charge >= 0.3 is 0 Å². The van der Waals surface area contributed by atoms with E-state index in [1.54, 1.807) is 30.2 Å². The van der Waals surface area contributed by atoms with E-state index in [1.807, 2.05) is 25.1 Å². The Morgan fingerprint density at radius 1 is 1.31 bits per heavy atom. The van der Waals surface area contributed by atoms with Crippen LogP contribution >= 0.6 is 0 Å². The minimum Gasteiger partial charge on any atom is -0.492 e. The molecule has 150 valence electrons. The van der Waals surface area contributed by atoms with E-state index in [4.69, 9.17) is 4.74 Å². The van der Waals surface area contributed by atoms with Gasteiger partial charge in [0.2, 0.25) is 0 Å². The van der Waals surface area contributed by atoms with Crippen LogP contribution in [0.1, 0.15) is 12.5 Å². The van der Waals surface area contributed by atoms with Gasteiger partial charge in [0.15, 0.2) is 0 Å². The van der Waals surface area contributed by atoms with Crippen LogP contribution in [0.15, 0.2) is 41.2 Å². The first kappa shape index (κ1) is 19.2. The lowest BCUT2D eigenvalue weighted by Gasteiger charge is -2.29. The average Bonchev–Trinajstić information content (AvgIpc) is 3.17. The van der Waals surface area contributed by atoms with E-state index in [-0.39, 0.29) is 0 Å². The molecule has 0 atom stereocenters. The standard InChI is InChI=1S/C20H22N6O2S/c1-3-28-17-10-18(20-16(11-21)13-24-26(20)14-17)15-4-5-19(23-12-15)25-6-8-29(27,22-2)9-7-25/h4-5,10,12-14H,3,6-9H2,1-2H3. The van der Waals surface area contributed by atoms with Crippen LogP contribution in [-0.4, -0.2) is 57.1 Å². The van der Waals surface area contributed by atoms with Gasteiger partial charge in [0.1, 0.15) is 17.6 Å². The second-order valence-electron chi connectivity index (χ2n) is 6.74. The van der Waals surface area contributed by atoms with E-state index < -0.39 is 9.73 Å². The second kappa shape index (κ2) is 7.72. The highest BCUT2D eigenvalue weighted by molar-refractivity contribution is 7.93. The summed E-state index contributed by atoms with van der Waals surface area (Å²) in [6.07, 6.45) is 5.13. The Morgan fingerprint density at radius 3 is 2.72 bits per heavy atom. The van der Waals surface area contributed by atoms with Crippen molar-refractivity contribution in [3.63, 3.8) is 0 Å². The number of fused-ring (bicyclic) bond motifs is 1. The van der Waals surface area contributed by atoms with Gasteiger partial charge in [-0.3, -0.25) is 0 Å². The summed E-state index contributed by atoms with van der Waals surface area (Å²) >= 11 is 0. The van der Waals surface area contributed by atoms with Gasteiger partial charge in [-0.05, 0) is 25.1 Å². The number of anilines is 1. The Bertz CT molecular complexity index is 1190. The Labute approximate surface area is 169 Å². The van der Waals surface area contributed by atoms with Crippen molar-refractivity contribution in [2.45, 2.75) is 6.92 Å². The van der Waals surface area contributed by atoms with E-state index in [1.165, 1.54) is 0 Å². The molecule has 8 nitrogen and oxygen atoms in total. The van der Waals surface area contributed by atoms with Gasteiger partial charge in [-0.25, -0.2) is 18.1 Å². The highest BCUT2D eigenvalue weighted by Crippen LogP contribution is 2.31. The van der Waals surface area contributed by atoms with Gasteiger partial charge < -0.3 is 9.64 Å². The summed E-state index contributed by atoms with van der Waals surface area (Å²) < 4.78 is 23.8. The fourth-order valence-electron chi connectivity index (χ4n) is 3.51. The SMILES string of the molecule is CCOc1cc(-c2ccc(N3CCS(=O)(=NC)CC3)nc2)c2c(C#N)cnn2c1. The van der Waals surface area contributed by atoms with Crippen molar-refractivity contribution in [1.82, 2.24) is 14.6 Å². The Hall–Kier alpha value is -3.12. The molecule has 29 heavy (non-hydrogen) atoms. The normalized spacial score (nSPS) is 15.8. The molecule has 1 fully saturated rings. The third-order valence-corrected chi connectivity index (χ3v) is 7.40. The lowest BCUT2D eigenvalue weighted by atomic mass is 10.1. The largest absolute Gasteiger partial charge is 0.492 e. The summed E-state index contributed by atoms with van der Waals surface area (Å²) in [4.78, 5) is 6.75. The molecule has 0 N–H and O–H groups in total. The van der Waals surface area contributed by atoms with Crippen LogP contribution in [0.25, 0.3) is 16.6 Å². The quantitative estimate of drug-likeness (QED) is 0.656. The van der Waals surface area contributed by atoms with Gasteiger partial charge in [0, 0.05) is 58.7 Å². The Balaban J connectivity index is 1.69. The molecule has 1 saturated heterocycles. The fourth-order valence-corrected chi connectivity index (χ4v) is 5.09. The highest BCUT2D eigenvalue weighted by Gasteiger charge is 2.21. The Morgan fingerprint density at radius 2 is 2.10 bits per heavy atom. The van der Waals surface area contributed by atoms with E-state index in [2.05, 4.69) is 25.4 Å². The van der Waals surface area contributed by atoms with Crippen LogP contribution in [-0.2, 0) is 9.73 Å². The van der Waals surface area contributed by atoms with E-state index in [0.29, 0.717) is 42.5 Å². The summed E-state index contributed by atoms with van der Waals surface area (Å²) in [5.74, 6) is 2.65. The molecule has 0 bridgehead atoms. The molecule has 0 spiro atoms. The number of hydrogen-bond donors (Lipinski definition) is 0. The molecule has 0 saturated carbocycles. The van der Waals surface area contributed by atoms with E-state index in [9.17, 15) is 9.47 Å². The minimum absolute atomic E-state index is 0.501. The average molecular weight is 411 g/mol. The van der Waals surface area contributed by atoms with Crippen molar-refractivity contribution in [2.75, 3.05) is 43.1 Å². The molecule has 0 unspecified atom stereocenters. The van der Waals surface area contributed by atoms with Crippen LogP contribution < -0.4 is 9.64 Å².